The highest BCUT2D eigenvalue weighted by molar-refractivity contribution is 7.71. The van der Waals surface area contributed by atoms with Crippen LogP contribution in [0, 0.1) is 4.64 Å². The third-order valence-corrected chi connectivity index (χ3v) is 3.99. The summed E-state index contributed by atoms with van der Waals surface area (Å²) in [5, 5.41) is 0. The molecule has 5 heteroatoms. The van der Waals surface area contributed by atoms with Crippen LogP contribution in [0.5, 0.6) is 0 Å². The fourth-order valence-electron chi connectivity index (χ4n) is 2.07. The second-order valence-electron chi connectivity index (χ2n) is 3.92. The molecule has 0 amide bonds. The lowest BCUT2D eigenvalue weighted by Crippen LogP contribution is -2.08. The normalized spacial score (nSPS) is 14.8. The molecule has 0 atom stereocenters. The topological polar surface area (TPSA) is 41.6 Å². The zero-order valence-electron chi connectivity index (χ0n) is 8.69. The highest BCUT2D eigenvalue weighted by Crippen LogP contribution is 2.25. The van der Waals surface area contributed by atoms with E-state index in [1.54, 1.807) is 11.3 Å². The number of aryl methyl sites for hydroxylation is 1. The van der Waals surface area contributed by atoms with Crippen LogP contribution in [0.25, 0.3) is 10.7 Å². The van der Waals surface area contributed by atoms with Crippen LogP contribution in [-0.2, 0) is 12.8 Å². The summed E-state index contributed by atoms with van der Waals surface area (Å²) < 4.78 is 0.761. The first-order valence-electron chi connectivity index (χ1n) is 5.35. The average Bonchev–Trinajstić information content (AvgIpc) is 2.82. The summed E-state index contributed by atoms with van der Waals surface area (Å²) in [6.07, 6.45) is 6.46. The molecule has 0 saturated heterocycles. The van der Waals surface area contributed by atoms with E-state index in [1.165, 1.54) is 24.1 Å². The Morgan fingerprint density at radius 1 is 1.31 bits per heavy atom. The standard InChI is InChI=1S/C11H11N3S2/c15-11-7-3-1-2-4-8(7)13-10(14-11)9-5-12-6-16-9/h5-6H,1-4H2,(H,13,14,15). The Morgan fingerprint density at radius 2 is 2.19 bits per heavy atom. The van der Waals surface area contributed by atoms with Crippen molar-refractivity contribution in [2.75, 3.05) is 0 Å². The maximum Gasteiger partial charge on any atom is 0.150 e. The van der Waals surface area contributed by atoms with Gasteiger partial charge in [0, 0.05) is 17.5 Å². The lowest BCUT2D eigenvalue weighted by molar-refractivity contribution is 0.661. The van der Waals surface area contributed by atoms with Gasteiger partial charge in [0.2, 0.25) is 0 Å². The van der Waals surface area contributed by atoms with Crippen molar-refractivity contribution in [3.8, 4) is 10.7 Å². The molecule has 0 unspecified atom stereocenters. The minimum Gasteiger partial charge on any atom is -0.342 e. The van der Waals surface area contributed by atoms with Gasteiger partial charge in [-0.25, -0.2) is 4.98 Å². The Kier molecular flexibility index (Phi) is 2.57. The summed E-state index contributed by atoms with van der Waals surface area (Å²) in [5.74, 6) is 0.869. The van der Waals surface area contributed by atoms with E-state index in [4.69, 9.17) is 12.2 Å². The van der Waals surface area contributed by atoms with Crippen LogP contribution in [0.2, 0.25) is 0 Å². The van der Waals surface area contributed by atoms with Crippen molar-refractivity contribution in [1.29, 1.82) is 0 Å². The van der Waals surface area contributed by atoms with Gasteiger partial charge in [-0.15, -0.1) is 11.3 Å². The molecule has 0 fully saturated rings. The molecule has 0 aliphatic heterocycles. The molecule has 1 aliphatic rings. The monoisotopic (exact) mass is 249 g/mol. The third kappa shape index (κ3) is 1.70. The first kappa shape index (κ1) is 10.1. The molecule has 0 saturated carbocycles. The smallest absolute Gasteiger partial charge is 0.150 e. The van der Waals surface area contributed by atoms with E-state index < -0.39 is 0 Å². The van der Waals surface area contributed by atoms with E-state index in [1.807, 2.05) is 11.7 Å². The summed E-state index contributed by atoms with van der Waals surface area (Å²) in [6, 6.07) is 0. The summed E-state index contributed by atoms with van der Waals surface area (Å²) >= 11 is 6.94. The van der Waals surface area contributed by atoms with Crippen LogP contribution in [0.15, 0.2) is 11.7 Å². The Labute approximate surface area is 103 Å². The van der Waals surface area contributed by atoms with Gasteiger partial charge in [0.25, 0.3) is 0 Å². The van der Waals surface area contributed by atoms with Crippen LogP contribution in [-0.4, -0.2) is 15.0 Å². The number of hydrogen-bond donors (Lipinski definition) is 1. The van der Waals surface area contributed by atoms with Gasteiger partial charge in [0.1, 0.15) is 4.64 Å². The highest BCUT2D eigenvalue weighted by atomic mass is 32.1. The van der Waals surface area contributed by atoms with Crippen molar-refractivity contribution in [3.05, 3.63) is 27.6 Å². The number of nitrogens with one attached hydrogen (secondary N) is 1. The molecule has 2 aromatic heterocycles. The fraction of sp³-hybridized carbons (Fsp3) is 0.364. The van der Waals surface area contributed by atoms with Crippen LogP contribution in [0.3, 0.4) is 0 Å². The van der Waals surface area contributed by atoms with E-state index in [0.717, 1.165) is 28.2 Å². The van der Waals surface area contributed by atoms with Crippen molar-refractivity contribution >= 4 is 23.6 Å². The number of rotatable bonds is 1. The van der Waals surface area contributed by atoms with Crippen molar-refractivity contribution < 1.29 is 0 Å². The lowest BCUT2D eigenvalue weighted by Gasteiger charge is -2.15. The van der Waals surface area contributed by atoms with Gasteiger partial charge in [-0.1, -0.05) is 12.2 Å². The number of H-pyrrole nitrogens is 1. The summed E-state index contributed by atoms with van der Waals surface area (Å²) in [4.78, 5) is 13.0. The number of nitrogens with zero attached hydrogens (tertiary/aromatic N) is 2. The largest absolute Gasteiger partial charge is 0.342 e. The van der Waals surface area contributed by atoms with Gasteiger partial charge in [-0.2, -0.15) is 0 Å². The molecular weight excluding hydrogens is 238 g/mol. The van der Waals surface area contributed by atoms with E-state index in [0.29, 0.717) is 0 Å². The third-order valence-electron chi connectivity index (χ3n) is 2.87. The van der Waals surface area contributed by atoms with Gasteiger partial charge >= 0.3 is 0 Å². The van der Waals surface area contributed by atoms with Gasteiger partial charge in [0.05, 0.1) is 10.4 Å². The number of fused-ring (bicyclic) bond motifs is 1. The summed E-state index contributed by atoms with van der Waals surface area (Å²) in [7, 11) is 0. The SMILES string of the molecule is S=c1nc(-c2cncs2)[nH]c2c1CCCC2. The Hall–Kier alpha value is -1.07. The zero-order valence-corrected chi connectivity index (χ0v) is 10.3. The van der Waals surface area contributed by atoms with Gasteiger partial charge in [-0.05, 0) is 25.7 Å². The van der Waals surface area contributed by atoms with E-state index >= 15 is 0 Å². The fourth-order valence-corrected chi connectivity index (χ4v) is 2.95. The molecular formula is C11H11N3S2. The van der Waals surface area contributed by atoms with Crippen molar-refractivity contribution in [3.63, 3.8) is 0 Å². The zero-order chi connectivity index (χ0) is 11.0. The van der Waals surface area contributed by atoms with Crippen LogP contribution < -0.4 is 0 Å². The molecule has 2 heterocycles. The van der Waals surface area contributed by atoms with Gasteiger partial charge < -0.3 is 4.98 Å². The van der Waals surface area contributed by atoms with Gasteiger partial charge in [-0.3, -0.25) is 4.98 Å². The van der Waals surface area contributed by atoms with E-state index in [9.17, 15) is 0 Å². The second-order valence-corrected chi connectivity index (χ2v) is 5.19. The number of thiazole rings is 1. The van der Waals surface area contributed by atoms with Crippen molar-refractivity contribution in [2.24, 2.45) is 0 Å². The number of aromatic nitrogens is 3. The first-order chi connectivity index (χ1) is 7.84. The predicted octanol–water partition coefficient (Wildman–Crippen LogP) is 3.14. The molecule has 0 bridgehead atoms. The van der Waals surface area contributed by atoms with Crippen molar-refractivity contribution in [2.45, 2.75) is 25.7 Å². The molecule has 2 aromatic rings. The minimum absolute atomic E-state index is 0.761. The van der Waals surface area contributed by atoms with E-state index in [-0.39, 0.29) is 0 Å². The average molecular weight is 249 g/mol. The molecule has 3 nitrogen and oxygen atoms in total. The Balaban J connectivity index is 2.16. The summed E-state index contributed by atoms with van der Waals surface area (Å²) in [5.41, 5.74) is 4.33. The van der Waals surface area contributed by atoms with Crippen LogP contribution in [0.1, 0.15) is 24.1 Å². The molecule has 1 N–H and O–H groups in total. The highest BCUT2D eigenvalue weighted by Gasteiger charge is 2.14. The minimum atomic E-state index is 0.761. The van der Waals surface area contributed by atoms with Gasteiger partial charge in [0.15, 0.2) is 5.82 Å². The maximum absolute atomic E-state index is 5.35. The van der Waals surface area contributed by atoms with Crippen molar-refractivity contribution in [1.82, 2.24) is 15.0 Å². The maximum atomic E-state index is 5.35. The first-order valence-corrected chi connectivity index (χ1v) is 6.64. The van der Waals surface area contributed by atoms with Crippen LogP contribution in [0.4, 0.5) is 0 Å². The quantitative estimate of drug-likeness (QED) is 0.789. The molecule has 0 aromatic carbocycles. The molecule has 0 radical (unpaired) electrons. The second kappa shape index (κ2) is 4.07. The molecule has 0 spiro atoms. The Morgan fingerprint density at radius 3 is 3.00 bits per heavy atom. The van der Waals surface area contributed by atoms with Crippen LogP contribution >= 0.6 is 23.6 Å². The Bertz CT molecular complexity index is 557. The van der Waals surface area contributed by atoms with E-state index in [2.05, 4.69) is 15.0 Å². The number of aromatic amines is 1. The molecule has 82 valence electrons. The lowest BCUT2D eigenvalue weighted by atomic mass is 9.97. The summed E-state index contributed by atoms with van der Waals surface area (Å²) in [6.45, 7) is 0. The molecule has 3 rings (SSSR count). The molecule has 16 heavy (non-hydrogen) atoms. The number of hydrogen-bond acceptors (Lipinski definition) is 4. The molecule has 1 aliphatic carbocycles. The predicted molar refractivity (Wildman–Crippen MR) is 67.2 cm³/mol.